The number of imidazole rings is 1. The fourth-order valence-corrected chi connectivity index (χ4v) is 2.67. The van der Waals surface area contributed by atoms with E-state index in [-0.39, 0.29) is 21.5 Å². The molecule has 2 rings (SSSR count). The molecule has 2 heterocycles. The van der Waals surface area contributed by atoms with E-state index in [1.54, 1.807) is 0 Å². The summed E-state index contributed by atoms with van der Waals surface area (Å²) in [6, 6.07) is 1.69. The zero-order valence-corrected chi connectivity index (χ0v) is 11.4. The van der Waals surface area contributed by atoms with Gasteiger partial charge in [-0.2, -0.15) is 13.2 Å². The molecule has 0 unspecified atom stereocenters. The Bertz CT molecular complexity index is 665. The van der Waals surface area contributed by atoms with Crippen molar-refractivity contribution in [3.8, 4) is 0 Å². The predicted octanol–water partition coefficient (Wildman–Crippen LogP) is 3.55. The second kappa shape index (κ2) is 5.01. The van der Waals surface area contributed by atoms with E-state index in [0.717, 1.165) is 16.5 Å². The molecule has 0 aliphatic carbocycles. The average molecular weight is 304 g/mol. The number of rotatable bonds is 3. The molecule has 0 aliphatic heterocycles. The summed E-state index contributed by atoms with van der Waals surface area (Å²) in [4.78, 5) is 14.9. The molecule has 0 atom stereocenters. The number of nitrogens with zero attached hydrogens (tertiary/aromatic N) is 2. The first-order valence-electron chi connectivity index (χ1n) is 5.69. The van der Waals surface area contributed by atoms with E-state index in [2.05, 4.69) is 4.98 Å². The highest BCUT2D eigenvalue weighted by Crippen LogP contribution is 2.34. The van der Waals surface area contributed by atoms with Gasteiger partial charge in [0.25, 0.3) is 0 Å². The normalized spacial score (nSPS) is 12.3. The van der Waals surface area contributed by atoms with Crippen LogP contribution < -0.4 is 0 Å². The quantitative estimate of drug-likeness (QED) is 0.881. The van der Waals surface area contributed by atoms with Gasteiger partial charge in [-0.05, 0) is 12.1 Å². The molecule has 1 N–H and O–H groups in total. The number of aromatic carboxylic acids is 1. The second-order valence-electron chi connectivity index (χ2n) is 4.36. The van der Waals surface area contributed by atoms with E-state index in [4.69, 9.17) is 5.11 Å². The fraction of sp³-hybridized carbons (Fsp3) is 0.333. The molecule has 0 amide bonds. The van der Waals surface area contributed by atoms with Crippen LogP contribution in [-0.2, 0) is 6.18 Å². The topological polar surface area (TPSA) is 54.6 Å². The summed E-state index contributed by atoms with van der Waals surface area (Å²) in [5, 5.41) is 9.34. The summed E-state index contributed by atoms with van der Waals surface area (Å²) in [5.74, 6) is -1.31. The van der Waals surface area contributed by atoms with Crippen molar-refractivity contribution < 1.29 is 23.1 Å². The van der Waals surface area contributed by atoms with Gasteiger partial charge in [0, 0.05) is 5.25 Å². The first-order chi connectivity index (χ1) is 9.21. The van der Waals surface area contributed by atoms with Crippen molar-refractivity contribution in [3.05, 3.63) is 29.6 Å². The van der Waals surface area contributed by atoms with Crippen molar-refractivity contribution in [2.45, 2.75) is 30.3 Å². The number of fused-ring (bicyclic) bond motifs is 1. The number of halogens is 3. The molecular weight excluding hydrogens is 293 g/mol. The molecule has 2 aromatic rings. The average Bonchev–Trinajstić information content (AvgIpc) is 2.69. The number of carboxylic acid groups (broad SMARTS) is 1. The zero-order valence-electron chi connectivity index (χ0n) is 10.6. The molecule has 0 aliphatic rings. The van der Waals surface area contributed by atoms with Gasteiger partial charge in [-0.1, -0.05) is 13.8 Å². The van der Waals surface area contributed by atoms with Crippen LogP contribution in [0.15, 0.2) is 23.4 Å². The van der Waals surface area contributed by atoms with E-state index in [1.165, 1.54) is 18.0 Å². The molecular formula is C12H11F3N2O2S. The number of aromatic nitrogens is 2. The van der Waals surface area contributed by atoms with E-state index in [1.807, 2.05) is 13.8 Å². The molecule has 0 aromatic carbocycles. The molecule has 0 saturated carbocycles. The van der Waals surface area contributed by atoms with Crippen LogP contribution in [0.1, 0.15) is 29.9 Å². The standard InChI is InChI=1S/C12H11F3N2O2S/c1-6(2)20-9-5-16-10-7(11(18)19)3-4-8(17(9)10)12(13,14)15/h3-6H,1-2H3,(H,18,19). The van der Waals surface area contributed by atoms with Crippen LogP contribution in [0.3, 0.4) is 0 Å². The number of carboxylic acids is 1. The maximum Gasteiger partial charge on any atom is 0.431 e. The Kier molecular flexibility index (Phi) is 3.68. The van der Waals surface area contributed by atoms with Gasteiger partial charge >= 0.3 is 12.1 Å². The van der Waals surface area contributed by atoms with Crippen molar-refractivity contribution in [2.75, 3.05) is 0 Å². The van der Waals surface area contributed by atoms with Gasteiger partial charge in [0.15, 0.2) is 5.65 Å². The molecule has 0 radical (unpaired) electrons. The summed E-state index contributed by atoms with van der Waals surface area (Å²) in [6.07, 6.45) is -3.32. The van der Waals surface area contributed by atoms with Crippen LogP contribution >= 0.6 is 11.8 Å². The smallest absolute Gasteiger partial charge is 0.431 e. The van der Waals surface area contributed by atoms with Crippen molar-refractivity contribution in [2.24, 2.45) is 0 Å². The lowest BCUT2D eigenvalue weighted by atomic mass is 10.2. The number of hydrogen-bond donors (Lipinski definition) is 1. The molecule has 0 bridgehead atoms. The summed E-state index contributed by atoms with van der Waals surface area (Å²) in [6.45, 7) is 3.66. The monoisotopic (exact) mass is 304 g/mol. The lowest BCUT2D eigenvalue weighted by molar-refractivity contribution is -0.142. The molecule has 0 fully saturated rings. The third kappa shape index (κ3) is 2.60. The van der Waals surface area contributed by atoms with Crippen LogP contribution in [-0.4, -0.2) is 25.7 Å². The molecule has 4 nitrogen and oxygen atoms in total. The van der Waals surface area contributed by atoms with Crippen molar-refractivity contribution in [1.82, 2.24) is 9.38 Å². The third-order valence-electron chi connectivity index (χ3n) is 2.50. The number of thioether (sulfide) groups is 1. The Morgan fingerprint density at radius 1 is 1.40 bits per heavy atom. The van der Waals surface area contributed by atoms with Crippen molar-refractivity contribution >= 4 is 23.4 Å². The van der Waals surface area contributed by atoms with Crippen molar-refractivity contribution in [1.29, 1.82) is 0 Å². The molecule has 2 aromatic heterocycles. The van der Waals surface area contributed by atoms with Gasteiger partial charge in [0.05, 0.1) is 6.20 Å². The van der Waals surface area contributed by atoms with Crippen LogP contribution in [0, 0.1) is 0 Å². The third-order valence-corrected chi connectivity index (χ3v) is 3.50. The second-order valence-corrected chi connectivity index (χ2v) is 5.95. The lowest BCUT2D eigenvalue weighted by Gasteiger charge is -2.13. The SMILES string of the molecule is CC(C)Sc1cnc2c(C(=O)O)ccc(C(F)(F)F)n12. The highest BCUT2D eigenvalue weighted by atomic mass is 32.2. The number of alkyl halides is 3. The van der Waals surface area contributed by atoms with Crippen molar-refractivity contribution in [3.63, 3.8) is 0 Å². The first-order valence-corrected chi connectivity index (χ1v) is 6.57. The van der Waals surface area contributed by atoms with Crippen LogP contribution in [0.2, 0.25) is 0 Å². The maximum atomic E-state index is 13.0. The summed E-state index contributed by atoms with van der Waals surface area (Å²) in [5.41, 5.74) is -1.39. The van der Waals surface area contributed by atoms with Gasteiger partial charge in [0.1, 0.15) is 16.3 Å². The molecule has 108 valence electrons. The lowest BCUT2D eigenvalue weighted by Crippen LogP contribution is -2.14. The minimum absolute atomic E-state index is 0.0458. The first kappa shape index (κ1) is 14.7. The van der Waals surface area contributed by atoms with Gasteiger partial charge in [-0.25, -0.2) is 9.78 Å². The maximum absolute atomic E-state index is 13.0. The zero-order chi connectivity index (χ0) is 15.1. The number of hydrogen-bond acceptors (Lipinski definition) is 3. The van der Waals surface area contributed by atoms with E-state index >= 15 is 0 Å². The van der Waals surface area contributed by atoms with Crippen LogP contribution in [0.5, 0.6) is 0 Å². The van der Waals surface area contributed by atoms with Gasteiger partial charge in [-0.15, -0.1) is 11.8 Å². The highest BCUT2D eigenvalue weighted by molar-refractivity contribution is 7.99. The van der Waals surface area contributed by atoms with E-state index < -0.39 is 17.8 Å². The minimum atomic E-state index is -4.58. The number of pyridine rings is 1. The van der Waals surface area contributed by atoms with Gasteiger partial charge in [0.2, 0.25) is 0 Å². The molecule has 0 spiro atoms. The van der Waals surface area contributed by atoms with Gasteiger partial charge in [-0.3, -0.25) is 4.40 Å². The summed E-state index contributed by atoms with van der Waals surface area (Å²) in [7, 11) is 0. The summed E-state index contributed by atoms with van der Waals surface area (Å²) >= 11 is 1.19. The Balaban J connectivity index is 2.78. The Morgan fingerprint density at radius 2 is 2.05 bits per heavy atom. The summed E-state index contributed by atoms with van der Waals surface area (Å²) < 4.78 is 40.0. The van der Waals surface area contributed by atoms with Crippen LogP contribution in [0.4, 0.5) is 13.2 Å². The fourth-order valence-electron chi connectivity index (χ4n) is 1.78. The van der Waals surface area contributed by atoms with E-state index in [9.17, 15) is 18.0 Å². The number of carbonyl (C=O) groups is 1. The Labute approximate surface area is 116 Å². The highest BCUT2D eigenvalue weighted by Gasteiger charge is 2.35. The Hall–Kier alpha value is -1.70. The van der Waals surface area contributed by atoms with E-state index in [0.29, 0.717) is 0 Å². The minimum Gasteiger partial charge on any atom is -0.478 e. The molecule has 20 heavy (non-hydrogen) atoms. The van der Waals surface area contributed by atoms with Crippen LogP contribution in [0.25, 0.3) is 5.65 Å². The largest absolute Gasteiger partial charge is 0.478 e. The molecule has 0 saturated heterocycles. The Morgan fingerprint density at radius 3 is 2.55 bits per heavy atom. The molecule has 8 heteroatoms. The van der Waals surface area contributed by atoms with Gasteiger partial charge < -0.3 is 5.11 Å². The predicted molar refractivity (Wildman–Crippen MR) is 68.1 cm³/mol.